The Morgan fingerprint density at radius 1 is 1.33 bits per heavy atom. The van der Waals surface area contributed by atoms with Gasteiger partial charge in [0.05, 0.1) is 7.11 Å². The number of ether oxygens (including phenoxy) is 1. The summed E-state index contributed by atoms with van der Waals surface area (Å²) in [5.41, 5.74) is 6.39. The fraction of sp³-hybridized carbons (Fsp3) is 0.200. The minimum atomic E-state index is -0.492. The molecule has 0 heterocycles. The molecule has 1 aromatic carbocycles. The lowest BCUT2D eigenvalue weighted by atomic mass is 10.1. The van der Waals surface area contributed by atoms with Gasteiger partial charge in [0.25, 0.3) is 0 Å². The molecule has 3 N–H and O–H groups in total. The molecular formula is C10H12N2O3. The van der Waals surface area contributed by atoms with Crippen molar-refractivity contribution in [3.05, 3.63) is 35.4 Å². The molecule has 0 saturated carbocycles. The molecule has 0 bridgehead atoms. The van der Waals surface area contributed by atoms with Crippen molar-refractivity contribution in [1.82, 2.24) is 5.32 Å². The van der Waals surface area contributed by atoms with Gasteiger partial charge < -0.3 is 15.8 Å². The topological polar surface area (TPSA) is 81.4 Å². The van der Waals surface area contributed by atoms with Crippen molar-refractivity contribution in [2.24, 2.45) is 5.73 Å². The van der Waals surface area contributed by atoms with Crippen LogP contribution >= 0.6 is 0 Å². The summed E-state index contributed by atoms with van der Waals surface area (Å²) in [6.45, 7) is 0.353. The summed E-state index contributed by atoms with van der Waals surface area (Å²) >= 11 is 0. The summed E-state index contributed by atoms with van der Waals surface area (Å²) in [4.78, 5) is 21.5. The second kappa shape index (κ2) is 4.99. The van der Waals surface area contributed by atoms with Gasteiger partial charge in [0, 0.05) is 12.1 Å². The molecule has 0 aliphatic rings. The van der Waals surface area contributed by atoms with E-state index >= 15 is 0 Å². The number of methoxy groups -OCH3 is 1. The number of benzene rings is 1. The fourth-order valence-electron chi connectivity index (χ4n) is 1.03. The lowest BCUT2D eigenvalue weighted by Crippen LogP contribution is -2.22. The van der Waals surface area contributed by atoms with E-state index in [0.717, 1.165) is 5.56 Å². The van der Waals surface area contributed by atoms with Crippen LogP contribution < -0.4 is 11.1 Å². The minimum absolute atomic E-state index is 0.353. The highest BCUT2D eigenvalue weighted by molar-refractivity contribution is 5.92. The van der Waals surface area contributed by atoms with E-state index in [1.54, 1.807) is 24.3 Å². The Hall–Kier alpha value is -2.04. The van der Waals surface area contributed by atoms with Crippen LogP contribution in [0.15, 0.2) is 24.3 Å². The fourth-order valence-corrected chi connectivity index (χ4v) is 1.03. The van der Waals surface area contributed by atoms with E-state index in [4.69, 9.17) is 5.73 Å². The number of alkyl carbamates (subject to hydrolysis) is 1. The van der Waals surface area contributed by atoms with E-state index in [0.29, 0.717) is 12.1 Å². The standard InChI is InChI=1S/C10H12N2O3/c1-15-10(14)12-6-7-2-4-8(5-3-7)9(11)13/h2-5H,6H2,1H3,(H2,11,13)(H,12,14). The van der Waals surface area contributed by atoms with Crippen molar-refractivity contribution < 1.29 is 14.3 Å². The maximum atomic E-state index is 10.8. The molecule has 0 unspecified atom stereocenters. The molecule has 0 fully saturated rings. The zero-order valence-electron chi connectivity index (χ0n) is 8.32. The van der Waals surface area contributed by atoms with Crippen LogP contribution in [-0.2, 0) is 11.3 Å². The highest BCUT2D eigenvalue weighted by Gasteiger charge is 2.01. The third-order valence-corrected chi connectivity index (χ3v) is 1.86. The van der Waals surface area contributed by atoms with Crippen LogP contribution in [-0.4, -0.2) is 19.1 Å². The largest absolute Gasteiger partial charge is 0.453 e. The Kier molecular flexibility index (Phi) is 3.68. The Bertz CT molecular complexity index is 359. The van der Waals surface area contributed by atoms with E-state index < -0.39 is 12.0 Å². The quantitative estimate of drug-likeness (QED) is 0.764. The lowest BCUT2D eigenvalue weighted by Gasteiger charge is -2.03. The molecule has 1 aromatic rings. The number of rotatable bonds is 3. The number of amides is 2. The monoisotopic (exact) mass is 208 g/mol. The highest BCUT2D eigenvalue weighted by atomic mass is 16.5. The van der Waals surface area contributed by atoms with Crippen LogP contribution in [0.25, 0.3) is 0 Å². The van der Waals surface area contributed by atoms with Gasteiger partial charge in [-0.25, -0.2) is 4.79 Å². The zero-order valence-corrected chi connectivity index (χ0v) is 8.32. The van der Waals surface area contributed by atoms with Crippen LogP contribution in [0.1, 0.15) is 15.9 Å². The molecule has 1 rings (SSSR count). The highest BCUT2D eigenvalue weighted by Crippen LogP contribution is 2.03. The van der Waals surface area contributed by atoms with Crippen molar-refractivity contribution in [3.63, 3.8) is 0 Å². The number of hydrogen-bond acceptors (Lipinski definition) is 3. The molecule has 5 nitrogen and oxygen atoms in total. The smallest absolute Gasteiger partial charge is 0.407 e. The van der Waals surface area contributed by atoms with Gasteiger partial charge in [-0.15, -0.1) is 0 Å². The number of primary amides is 1. The molecule has 0 radical (unpaired) electrons. The summed E-state index contributed by atoms with van der Waals surface area (Å²) in [5.74, 6) is -0.470. The predicted octanol–water partition coefficient (Wildman–Crippen LogP) is 0.641. The van der Waals surface area contributed by atoms with Crippen molar-refractivity contribution >= 4 is 12.0 Å². The Morgan fingerprint density at radius 3 is 2.40 bits per heavy atom. The third-order valence-electron chi connectivity index (χ3n) is 1.86. The maximum absolute atomic E-state index is 10.8. The summed E-state index contributed by atoms with van der Waals surface area (Å²) in [5, 5.41) is 2.52. The Morgan fingerprint density at radius 2 is 1.93 bits per heavy atom. The van der Waals surface area contributed by atoms with Crippen molar-refractivity contribution in [1.29, 1.82) is 0 Å². The Labute approximate surface area is 87.2 Å². The van der Waals surface area contributed by atoms with E-state index in [1.165, 1.54) is 7.11 Å². The minimum Gasteiger partial charge on any atom is -0.453 e. The molecule has 0 aliphatic heterocycles. The van der Waals surface area contributed by atoms with E-state index in [1.807, 2.05) is 0 Å². The number of hydrogen-bond donors (Lipinski definition) is 2. The second-order valence-electron chi connectivity index (χ2n) is 2.91. The zero-order chi connectivity index (χ0) is 11.3. The van der Waals surface area contributed by atoms with E-state index in [9.17, 15) is 9.59 Å². The number of carbonyl (C=O) groups is 2. The SMILES string of the molecule is COC(=O)NCc1ccc(C(N)=O)cc1. The molecular weight excluding hydrogens is 196 g/mol. The molecule has 15 heavy (non-hydrogen) atoms. The van der Waals surface area contributed by atoms with Crippen LogP contribution in [0.2, 0.25) is 0 Å². The van der Waals surface area contributed by atoms with Gasteiger partial charge in [-0.2, -0.15) is 0 Å². The maximum Gasteiger partial charge on any atom is 0.407 e. The van der Waals surface area contributed by atoms with Gasteiger partial charge in [-0.1, -0.05) is 12.1 Å². The van der Waals surface area contributed by atoms with Crippen molar-refractivity contribution in [3.8, 4) is 0 Å². The molecule has 0 aromatic heterocycles. The second-order valence-corrected chi connectivity index (χ2v) is 2.91. The normalized spacial score (nSPS) is 9.40. The average molecular weight is 208 g/mol. The number of nitrogens with two attached hydrogens (primary N) is 1. The predicted molar refractivity (Wildman–Crippen MR) is 54.2 cm³/mol. The number of carbonyl (C=O) groups excluding carboxylic acids is 2. The van der Waals surface area contributed by atoms with Crippen molar-refractivity contribution in [2.45, 2.75) is 6.54 Å². The van der Waals surface area contributed by atoms with Gasteiger partial charge in [0.1, 0.15) is 0 Å². The first-order valence-electron chi connectivity index (χ1n) is 4.34. The summed E-state index contributed by atoms with van der Waals surface area (Å²) in [6, 6.07) is 6.65. The van der Waals surface area contributed by atoms with Crippen LogP contribution in [0.4, 0.5) is 4.79 Å². The molecule has 0 spiro atoms. The van der Waals surface area contributed by atoms with E-state index in [-0.39, 0.29) is 0 Å². The third kappa shape index (κ3) is 3.30. The first-order chi connectivity index (χ1) is 7.13. The van der Waals surface area contributed by atoms with Gasteiger partial charge in [-0.05, 0) is 17.7 Å². The van der Waals surface area contributed by atoms with Gasteiger partial charge in [-0.3, -0.25) is 4.79 Å². The molecule has 0 atom stereocenters. The van der Waals surface area contributed by atoms with Gasteiger partial charge in [0.15, 0.2) is 0 Å². The van der Waals surface area contributed by atoms with Crippen LogP contribution in [0, 0.1) is 0 Å². The number of nitrogens with one attached hydrogen (secondary N) is 1. The van der Waals surface area contributed by atoms with Gasteiger partial charge in [0.2, 0.25) is 5.91 Å². The molecule has 2 amide bonds. The molecule has 80 valence electrons. The summed E-state index contributed by atoms with van der Waals surface area (Å²) in [7, 11) is 1.30. The first kappa shape index (κ1) is 11.0. The van der Waals surface area contributed by atoms with E-state index in [2.05, 4.69) is 10.1 Å². The van der Waals surface area contributed by atoms with Crippen LogP contribution in [0.5, 0.6) is 0 Å². The van der Waals surface area contributed by atoms with Crippen molar-refractivity contribution in [2.75, 3.05) is 7.11 Å². The Balaban J connectivity index is 2.57. The first-order valence-corrected chi connectivity index (χ1v) is 4.34. The summed E-state index contributed by atoms with van der Waals surface area (Å²) < 4.78 is 4.41. The average Bonchev–Trinajstić information content (AvgIpc) is 2.26. The molecule has 5 heteroatoms. The van der Waals surface area contributed by atoms with Crippen LogP contribution in [0.3, 0.4) is 0 Å². The molecule has 0 saturated heterocycles. The van der Waals surface area contributed by atoms with Gasteiger partial charge >= 0.3 is 6.09 Å². The molecule has 0 aliphatic carbocycles. The summed E-state index contributed by atoms with van der Waals surface area (Å²) in [6.07, 6.45) is -0.492. The lowest BCUT2D eigenvalue weighted by molar-refractivity contribution is 0.1000.